The molecule has 1 N–H and O–H groups in total. The van der Waals surface area contributed by atoms with Crippen LogP contribution in [0, 0.1) is 20.8 Å². The molecule has 0 saturated carbocycles. The zero-order valence-electron chi connectivity index (χ0n) is 20.1. The number of piperazine rings is 1. The van der Waals surface area contributed by atoms with E-state index in [9.17, 15) is 8.42 Å². The maximum Gasteiger partial charge on any atom is 0.243 e. The fraction of sp³-hybridized carbons (Fsp3) is 0.360. The summed E-state index contributed by atoms with van der Waals surface area (Å²) < 4.78 is 33.5. The van der Waals surface area contributed by atoms with E-state index in [0.29, 0.717) is 55.2 Å². The number of ether oxygens (including phenoxy) is 1. The van der Waals surface area contributed by atoms with Gasteiger partial charge < -0.3 is 15.0 Å². The summed E-state index contributed by atoms with van der Waals surface area (Å²) in [6, 6.07) is 15.0. The average Bonchev–Trinajstić information content (AvgIpc) is 2.81. The minimum Gasteiger partial charge on any atom is -0.494 e. The second-order valence-corrected chi connectivity index (χ2v) is 10.4. The Morgan fingerprint density at radius 2 is 1.65 bits per heavy atom. The highest BCUT2D eigenvalue weighted by Crippen LogP contribution is 2.26. The van der Waals surface area contributed by atoms with E-state index in [1.165, 1.54) is 9.87 Å². The first-order chi connectivity index (χ1) is 16.3. The summed E-state index contributed by atoms with van der Waals surface area (Å²) in [4.78, 5) is 11.6. The van der Waals surface area contributed by atoms with E-state index in [-0.39, 0.29) is 0 Å². The number of aryl methyl sites for hydroxylation is 3. The minimum absolute atomic E-state index is 0.290. The normalized spacial score (nSPS) is 14.8. The Kier molecular flexibility index (Phi) is 7.04. The number of nitrogens with zero attached hydrogens (tertiary/aromatic N) is 4. The standard InChI is InChI=1S/C25H31N5O3S/c1-5-33-23-11-10-22(16-19(23)3)34(31,32)30-14-12-29(13-15-30)25-26-20(4)17-24(28-25)27-21-8-6-18(2)7-9-21/h6-11,16-17H,5,12-15H2,1-4H3,(H,26,27,28). The third-order valence-corrected chi connectivity index (χ3v) is 7.67. The summed E-state index contributed by atoms with van der Waals surface area (Å²) >= 11 is 0. The zero-order valence-corrected chi connectivity index (χ0v) is 20.9. The predicted octanol–water partition coefficient (Wildman–Crippen LogP) is 4.06. The van der Waals surface area contributed by atoms with Crippen LogP contribution in [0.25, 0.3) is 0 Å². The van der Waals surface area contributed by atoms with Crippen molar-refractivity contribution >= 4 is 27.5 Å². The van der Waals surface area contributed by atoms with Gasteiger partial charge in [-0.3, -0.25) is 0 Å². The van der Waals surface area contributed by atoms with Crippen LogP contribution in [0.1, 0.15) is 23.7 Å². The van der Waals surface area contributed by atoms with Gasteiger partial charge in [0, 0.05) is 43.6 Å². The lowest BCUT2D eigenvalue weighted by Crippen LogP contribution is -2.49. The van der Waals surface area contributed by atoms with Crippen molar-refractivity contribution in [1.82, 2.24) is 14.3 Å². The molecule has 1 aliphatic rings. The highest BCUT2D eigenvalue weighted by atomic mass is 32.2. The molecule has 1 fully saturated rings. The lowest BCUT2D eigenvalue weighted by molar-refractivity contribution is 0.337. The first-order valence-electron chi connectivity index (χ1n) is 11.4. The molecule has 2 aromatic carbocycles. The first kappa shape index (κ1) is 24.0. The third-order valence-electron chi connectivity index (χ3n) is 5.77. The highest BCUT2D eigenvalue weighted by molar-refractivity contribution is 7.89. The molecule has 180 valence electrons. The van der Waals surface area contributed by atoms with E-state index >= 15 is 0 Å². The van der Waals surface area contributed by atoms with E-state index in [4.69, 9.17) is 4.74 Å². The van der Waals surface area contributed by atoms with Crippen LogP contribution >= 0.6 is 0 Å². The number of aromatic nitrogens is 2. The van der Waals surface area contributed by atoms with Crippen LogP contribution in [-0.4, -0.2) is 55.5 Å². The number of nitrogens with one attached hydrogen (secondary N) is 1. The number of rotatable bonds is 7. The third kappa shape index (κ3) is 5.31. The molecule has 8 nitrogen and oxygen atoms in total. The van der Waals surface area contributed by atoms with E-state index < -0.39 is 10.0 Å². The summed E-state index contributed by atoms with van der Waals surface area (Å²) in [5.41, 5.74) is 3.80. The van der Waals surface area contributed by atoms with Crippen molar-refractivity contribution in [1.29, 1.82) is 0 Å². The highest BCUT2D eigenvalue weighted by Gasteiger charge is 2.30. The van der Waals surface area contributed by atoms with Gasteiger partial charge in [-0.2, -0.15) is 9.29 Å². The fourth-order valence-corrected chi connectivity index (χ4v) is 5.43. The van der Waals surface area contributed by atoms with Gasteiger partial charge in [0.1, 0.15) is 11.6 Å². The molecule has 1 saturated heterocycles. The molecule has 0 bridgehead atoms. The van der Waals surface area contributed by atoms with Crippen LogP contribution < -0.4 is 15.0 Å². The Morgan fingerprint density at radius 3 is 2.29 bits per heavy atom. The van der Waals surface area contributed by atoms with Crippen LogP contribution in [0.3, 0.4) is 0 Å². The molecule has 9 heteroatoms. The van der Waals surface area contributed by atoms with Crippen molar-refractivity contribution in [2.75, 3.05) is 43.0 Å². The summed E-state index contributed by atoms with van der Waals surface area (Å²) in [6.07, 6.45) is 0. The van der Waals surface area contributed by atoms with Gasteiger partial charge in [-0.05, 0) is 63.6 Å². The summed E-state index contributed by atoms with van der Waals surface area (Å²) in [7, 11) is -3.58. The van der Waals surface area contributed by atoms with Gasteiger partial charge in [-0.15, -0.1) is 0 Å². The molecule has 34 heavy (non-hydrogen) atoms. The van der Waals surface area contributed by atoms with Gasteiger partial charge in [0.25, 0.3) is 0 Å². The van der Waals surface area contributed by atoms with E-state index in [1.807, 2.05) is 62.9 Å². The molecule has 1 aromatic heterocycles. The molecule has 0 amide bonds. The molecular formula is C25H31N5O3S. The maximum absolute atomic E-state index is 13.2. The van der Waals surface area contributed by atoms with Gasteiger partial charge in [-0.25, -0.2) is 13.4 Å². The van der Waals surface area contributed by atoms with Gasteiger partial charge in [-0.1, -0.05) is 17.7 Å². The average molecular weight is 482 g/mol. The minimum atomic E-state index is -3.58. The Balaban J connectivity index is 1.45. The van der Waals surface area contributed by atoms with Crippen molar-refractivity contribution in [3.05, 3.63) is 65.4 Å². The lowest BCUT2D eigenvalue weighted by Gasteiger charge is -2.34. The van der Waals surface area contributed by atoms with Gasteiger partial charge >= 0.3 is 0 Å². The summed E-state index contributed by atoms with van der Waals surface area (Å²) in [5.74, 6) is 2.02. The SMILES string of the molecule is CCOc1ccc(S(=O)(=O)N2CCN(c3nc(C)cc(Nc4ccc(C)cc4)n3)CC2)cc1C. The van der Waals surface area contributed by atoms with Crippen LogP contribution in [-0.2, 0) is 10.0 Å². The van der Waals surface area contributed by atoms with Crippen molar-refractivity contribution in [3.63, 3.8) is 0 Å². The van der Waals surface area contributed by atoms with E-state index in [0.717, 1.165) is 16.9 Å². The van der Waals surface area contributed by atoms with Crippen molar-refractivity contribution in [2.45, 2.75) is 32.6 Å². The quantitative estimate of drug-likeness (QED) is 0.545. The predicted molar refractivity (Wildman–Crippen MR) is 135 cm³/mol. The Hall–Kier alpha value is -3.17. The van der Waals surface area contributed by atoms with E-state index in [1.54, 1.807) is 18.2 Å². The zero-order chi connectivity index (χ0) is 24.3. The molecule has 0 unspecified atom stereocenters. The van der Waals surface area contributed by atoms with Crippen molar-refractivity contribution in [2.24, 2.45) is 0 Å². The van der Waals surface area contributed by atoms with E-state index in [2.05, 4.69) is 15.3 Å². The van der Waals surface area contributed by atoms with Crippen LogP contribution in [0.5, 0.6) is 5.75 Å². The second-order valence-electron chi connectivity index (χ2n) is 8.44. The second kappa shape index (κ2) is 9.99. The number of benzene rings is 2. The molecule has 0 radical (unpaired) electrons. The van der Waals surface area contributed by atoms with Gasteiger partial charge in [0.15, 0.2) is 0 Å². The molecule has 3 aromatic rings. The maximum atomic E-state index is 13.2. The topological polar surface area (TPSA) is 87.7 Å². The molecular weight excluding hydrogens is 450 g/mol. The van der Waals surface area contributed by atoms with Crippen LogP contribution in [0.4, 0.5) is 17.5 Å². The van der Waals surface area contributed by atoms with Crippen LogP contribution in [0.2, 0.25) is 0 Å². The van der Waals surface area contributed by atoms with Crippen molar-refractivity contribution in [3.8, 4) is 5.75 Å². The van der Waals surface area contributed by atoms with Gasteiger partial charge in [0.05, 0.1) is 11.5 Å². The Morgan fingerprint density at radius 1 is 0.941 bits per heavy atom. The smallest absolute Gasteiger partial charge is 0.243 e. The fourth-order valence-electron chi connectivity index (χ4n) is 3.92. The number of hydrogen-bond acceptors (Lipinski definition) is 7. The Labute approximate surface area is 201 Å². The number of hydrogen-bond donors (Lipinski definition) is 1. The molecule has 2 heterocycles. The van der Waals surface area contributed by atoms with Crippen LogP contribution in [0.15, 0.2) is 53.4 Å². The molecule has 0 aliphatic carbocycles. The number of sulfonamides is 1. The molecule has 4 rings (SSSR count). The first-order valence-corrected chi connectivity index (χ1v) is 12.9. The summed E-state index contributed by atoms with van der Waals surface area (Å²) in [5, 5.41) is 3.33. The van der Waals surface area contributed by atoms with Crippen molar-refractivity contribution < 1.29 is 13.2 Å². The summed E-state index contributed by atoms with van der Waals surface area (Å²) in [6.45, 7) is 10.1. The lowest BCUT2D eigenvalue weighted by atomic mass is 10.2. The Bertz CT molecular complexity index is 1250. The monoisotopic (exact) mass is 481 g/mol. The largest absolute Gasteiger partial charge is 0.494 e. The molecule has 0 spiro atoms. The molecule has 1 aliphatic heterocycles. The number of anilines is 3. The van der Waals surface area contributed by atoms with Gasteiger partial charge in [0.2, 0.25) is 16.0 Å². The molecule has 0 atom stereocenters.